The number of halogens is 2. The van der Waals surface area contributed by atoms with Crippen molar-refractivity contribution in [2.45, 2.75) is 25.7 Å². The van der Waals surface area contributed by atoms with Gasteiger partial charge in [0.1, 0.15) is 22.7 Å². The van der Waals surface area contributed by atoms with E-state index in [1.807, 2.05) is 0 Å². The van der Waals surface area contributed by atoms with Gasteiger partial charge >= 0.3 is 35.5 Å². The molecule has 13 heteroatoms. The van der Waals surface area contributed by atoms with Crippen LogP contribution < -0.4 is 24.8 Å². The third kappa shape index (κ3) is 7.59. The zero-order chi connectivity index (χ0) is 30.6. The molecule has 5 rings (SSSR count). The minimum absolute atomic E-state index is 0. The number of pyridine rings is 1. The van der Waals surface area contributed by atoms with Crippen LogP contribution in [0.15, 0.2) is 66.9 Å². The van der Waals surface area contributed by atoms with Crippen LogP contribution in [-0.4, -0.2) is 71.1 Å². The van der Waals surface area contributed by atoms with E-state index in [1.165, 1.54) is 37.4 Å². The molecule has 0 unspecified atom stereocenters. The van der Waals surface area contributed by atoms with Gasteiger partial charge in [-0.15, -0.1) is 0 Å². The van der Waals surface area contributed by atoms with Crippen LogP contribution in [0.1, 0.15) is 25.7 Å². The van der Waals surface area contributed by atoms with E-state index in [9.17, 15) is 18.8 Å². The first kappa shape index (κ1) is 33.0. The van der Waals surface area contributed by atoms with Gasteiger partial charge in [-0.05, 0) is 73.9 Å². The van der Waals surface area contributed by atoms with E-state index in [-0.39, 0.29) is 47.6 Å². The van der Waals surface area contributed by atoms with Crippen LogP contribution in [0.4, 0.5) is 15.8 Å². The second kappa shape index (κ2) is 14.3. The molecule has 1 saturated carbocycles. The Bertz CT molecular complexity index is 1700. The standard InChI is InChI=1S/C31H27ClFN3O7.Na.H/c1-41-26-16-21-23(17-27(26)42-14-2-3-28(37)38)34-13-10-24(21)43-25-9-8-20(15-22(25)32)36-30(40)31(11-12-31)29(39)35-19-6-4-18(33)5-7-19;;/h4-10,13,15-17H,2-3,11-12,14H2,1H3,(H,35,39)(H,36,40)(H,37,38);;. The maximum atomic E-state index is 13.2. The number of anilines is 2. The third-order valence-corrected chi connectivity index (χ3v) is 7.21. The molecule has 0 bridgehead atoms. The van der Waals surface area contributed by atoms with Crippen LogP contribution in [0.5, 0.6) is 23.0 Å². The molecule has 0 atom stereocenters. The van der Waals surface area contributed by atoms with Gasteiger partial charge in [0.2, 0.25) is 11.8 Å². The summed E-state index contributed by atoms with van der Waals surface area (Å²) in [5, 5.41) is 15.1. The molecule has 10 nitrogen and oxygen atoms in total. The Hall–Kier alpha value is -3.90. The molecule has 3 N–H and O–H groups in total. The van der Waals surface area contributed by atoms with Crippen LogP contribution in [0.3, 0.4) is 0 Å². The molecule has 1 aliphatic rings. The van der Waals surface area contributed by atoms with Crippen LogP contribution in [0, 0.1) is 11.2 Å². The molecule has 2 amide bonds. The van der Waals surface area contributed by atoms with Crippen molar-refractivity contribution in [3.63, 3.8) is 0 Å². The molecule has 1 aliphatic carbocycles. The average molecular weight is 632 g/mol. The number of fused-ring (bicyclic) bond motifs is 1. The predicted molar refractivity (Wildman–Crippen MR) is 165 cm³/mol. The van der Waals surface area contributed by atoms with Gasteiger partial charge in [0, 0.05) is 35.4 Å². The predicted octanol–water partition coefficient (Wildman–Crippen LogP) is 5.78. The van der Waals surface area contributed by atoms with Crippen molar-refractivity contribution >= 4 is 81.2 Å². The first-order valence-corrected chi connectivity index (χ1v) is 13.7. The quantitative estimate of drug-likeness (QED) is 0.102. The number of aromatic nitrogens is 1. The van der Waals surface area contributed by atoms with Crippen molar-refractivity contribution in [3.05, 3.63) is 77.7 Å². The van der Waals surface area contributed by atoms with E-state index >= 15 is 0 Å². The Balaban J connectivity index is 0.00000442. The number of benzene rings is 3. The number of amides is 2. The van der Waals surface area contributed by atoms with Crippen molar-refractivity contribution in [1.29, 1.82) is 0 Å². The number of rotatable bonds is 12. The third-order valence-electron chi connectivity index (χ3n) is 6.91. The molecule has 0 radical (unpaired) electrons. The molecular weight excluding hydrogens is 604 g/mol. The molecule has 0 aliphatic heterocycles. The van der Waals surface area contributed by atoms with Gasteiger partial charge in [0.15, 0.2) is 11.5 Å². The molecule has 224 valence electrons. The van der Waals surface area contributed by atoms with E-state index < -0.39 is 29.0 Å². The summed E-state index contributed by atoms with van der Waals surface area (Å²) in [6.07, 6.45) is 2.66. The number of hydrogen-bond acceptors (Lipinski definition) is 7. The molecular formula is C31H28ClFN3NaO7. The van der Waals surface area contributed by atoms with Gasteiger partial charge in [-0.25, -0.2) is 4.39 Å². The first-order valence-electron chi connectivity index (χ1n) is 13.4. The number of carboxylic acids is 1. The Morgan fingerprint density at radius 2 is 1.61 bits per heavy atom. The fraction of sp³-hybridized carbons (Fsp3) is 0.226. The first-order chi connectivity index (χ1) is 20.7. The second-order valence-corrected chi connectivity index (χ2v) is 10.3. The van der Waals surface area contributed by atoms with Crippen molar-refractivity contribution in [1.82, 2.24) is 4.98 Å². The van der Waals surface area contributed by atoms with Crippen LogP contribution in [0.2, 0.25) is 5.02 Å². The van der Waals surface area contributed by atoms with E-state index in [0.717, 1.165) is 0 Å². The molecule has 0 spiro atoms. The Kier molecular flexibility index (Phi) is 10.7. The van der Waals surface area contributed by atoms with Crippen molar-refractivity contribution in [2.24, 2.45) is 5.41 Å². The molecule has 3 aromatic carbocycles. The molecule has 44 heavy (non-hydrogen) atoms. The summed E-state index contributed by atoms with van der Waals surface area (Å²) in [5.41, 5.74) is 0.120. The number of nitrogens with one attached hydrogen (secondary N) is 2. The van der Waals surface area contributed by atoms with Gasteiger partial charge in [0.05, 0.1) is 24.3 Å². The molecule has 4 aromatic rings. The topological polar surface area (TPSA) is 136 Å². The average Bonchev–Trinajstić information content (AvgIpc) is 3.80. The summed E-state index contributed by atoms with van der Waals surface area (Å²) in [5.74, 6) is -0.663. The fourth-order valence-electron chi connectivity index (χ4n) is 4.39. The van der Waals surface area contributed by atoms with Crippen LogP contribution in [-0.2, 0) is 14.4 Å². The Labute approximate surface area is 279 Å². The maximum absolute atomic E-state index is 13.2. The fourth-order valence-corrected chi connectivity index (χ4v) is 4.61. The molecule has 1 aromatic heterocycles. The Morgan fingerprint density at radius 3 is 2.25 bits per heavy atom. The van der Waals surface area contributed by atoms with Crippen molar-refractivity contribution in [3.8, 4) is 23.0 Å². The van der Waals surface area contributed by atoms with E-state index in [0.29, 0.717) is 64.5 Å². The van der Waals surface area contributed by atoms with Crippen LogP contribution >= 0.6 is 11.6 Å². The summed E-state index contributed by atoms with van der Waals surface area (Å²) in [6, 6.07) is 15.1. The summed E-state index contributed by atoms with van der Waals surface area (Å²) in [4.78, 5) is 41.0. The van der Waals surface area contributed by atoms with Gasteiger partial charge in [-0.2, -0.15) is 0 Å². The normalized spacial score (nSPS) is 12.9. The molecule has 1 fully saturated rings. The number of aliphatic carboxylic acids is 1. The van der Waals surface area contributed by atoms with Crippen molar-refractivity contribution < 1.29 is 38.1 Å². The number of carbonyl (C=O) groups excluding carboxylic acids is 2. The monoisotopic (exact) mass is 631 g/mol. The summed E-state index contributed by atoms with van der Waals surface area (Å²) >= 11 is 6.52. The summed E-state index contributed by atoms with van der Waals surface area (Å²) in [6.45, 7) is 0.197. The van der Waals surface area contributed by atoms with E-state index in [1.54, 1.807) is 36.5 Å². The van der Waals surface area contributed by atoms with Crippen LogP contribution in [0.25, 0.3) is 10.9 Å². The minimum atomic E-state index is -1.22. The number of carboxylic acid groups (broad SMARTS) is 1. The second-order valence-electron chi connectivity index (χ2n) is 9.92. The van der Waals surface area contributed by atoms with E-state index in [2.05, 4.69) is 15.6 Å². The zero-order valence-corrected chi connectivity index (χ0v) is 23.7. The summed E-state index contributed by atoms with van der Waals surface area (Å²) in [7, 11) is 1.49. The van der Waals surface area contributed by atoms with Crippen molar-refractivity contribution in [2.75, 3.05) is 24.4 Å². The van der Waals surface area contributed by atoms with E-state index in [4.69, 9.17) is 30.9 Å². The van der Waals surface area contributed by atoms with Gasteiger partial charge in [0.25, 0.3) is 0 Å². The van der Waals surface area contributed by atoms with Gasteiger partial charge < -0.3 is 30.0 Å². The van der Waals surface area contributed by atoms with Gasteiger partial charge in [-0.3, -0.25) is 19.4 Å². The number of carbonyl (C=O) groups is 3. The number of nitrogens with zero attached hydrogens (tertiary/aromatic N) is 1. The Morgan fingerprint density at radius 1 is 0.932 bits per heavy atom. The summed E-state index contributed by atoms with van der Waals surface area (Å²) < 4.78 is 30.5. The number of hydrogen-bond donors (Lipinski definition) is 3. The molecule has 1 heterocycles. The number of methoxy groups -OCH3 is 1. The number of ether oxygens (including phenoxy) is 3. The van der Waals surface area contributed by atoms with Gasteiger partial charge in [-0.1, -0.05) is 11.6 Å². The molecule has 0 saturated heterocycles. The SMILES string of the molecule is COc1cc2c(Oc3ccc(NC(=O)C4(C(=O)Nc5ccc(F)cc5)CC4)cc3Cl)ccnc2cc1OCCCC(=O)O.[NaH]. The zero-order valence-electron chi connectivity index (χ0n) is 23.0.